The normalized spacial score (nSPS) is 10.5. The summed E-state index contributed by atoms with van der Waals surface area (Å²) >= 11 is 0. The van der Waals surface area contributed by atoms with E-state index in [4.69, 9.17) is 5.11 Å². The second-order valence-corrected chi connectivity index (χ2v) is 5.95. The molecule has 130 valence electrons. The van der Waals surface area contributed by atoms with Gasteiger partial charge in [0, 0.05) is 0 Å². The Bertz CT molecular complexity index is 1000. The van der Waals surface area contributed by atoms with E-state index in [9.17, 15) is 19.8 Å². The maximum Gasteiger partial charge on any atom is 0.335 e. The number of hydrogen-bond acceptors (Lipinski definition) is 3. The molecule has 0 aliphatic carbocycles. The van der Waals surface area contributed by atoms with Crippen molar-refractivity contribution < 1.29 is 24.9 Å². The molecule has 0 saturated heterocycles. The van der Waals surface area contributed by atoms with Crippen LogP contribution in [0.25, 0.3) is 22.3 Å². The molecule has 0 aliphatic heterocycles. The molecular formula is C21H16O5. The molecule has 26 heavy (non-hydrogen) atoms. The van der Waals surface area contributed by atoms with Crippen molar-refractivity contribution in [3.05, 3.63) is 77.4 Å². The Morgan fingerprint density at radius 2 is 1.27 bits per heavy atom. The third-order valence-electron chi connectivity index (χ3n) is 4.22. The first kappa shape index (κ1) is 17.2. The van der Waals surface area contributed by atoms with Crippen LogP contribution in [0.15, 0.2) is 60.7 Å². The summed E-state index contributed by atoms with van der Waals surface area (Å²) in [5, 5.41) is 28.1. The van der Waals surface area contributed by atoms with Crippen LogP contribution in [0, 0.1) is 6.92 Å². The Morgan fingerprint density at radius 1 is 0.692 bits per heavy atom. The fourth-order valence-corrected chi connectivity index (χ4v) is 2.78. The zero-order valence-electron chi connectivity index (χ0n) is 13.9. The molecule has 0 aromatic heterocycles. The first-order chi connectivity index (χ1) is 12.4. The van der Waals surface area contributed by atoms with Gasteiger partial charge in [-0.25, -0.2) is 9.59 Å². The molecule has 0 atom stereocenters. The maximum absolute atomic E-state index is 11.4. The van der Waals surface area contributed by atoms with Crippen molar-refractivity contribution in [1.29, 1.82) is 0 Å². The minimum Gasteiger partial charge on any atom is -0.508 e. The molecule has 0 bridgehead atoms. The van der Waals surface area contributed by atoms with Crippen molar-refractivity contribution in [1.82, 2.24) is 0 Å². The summed E-state index contributed by atoms with van der Waals surface area (Å²) in [6.45, 7) is 1.77. The lowest BCUT2D eigenvalue weighted by molar-refractivity contribution is 0.0686. The highest BCUT2D eigenvalue weighted by Gasteiger charge is 2.13. The number of hydrogen-bond donors (Lipinski definition) is 3. The van der Waals surface area contributed by atoms with Crippen LogP contribution in [0.2, 0.25) is 0 Å². The molecule has 0 aliphatic rings. The van der Waals surface area contributed by atoms with Crippen LogP contribution >= 0.6 is 0 Å². The Labute approximate surface area is 149 Å². The highest BCUT2D eigenvalue weighted by atomic mass is 16.4. The average Bonchev–Trinajstić information content (AvgIpc) is 2.63. The summed E-state index contributed by atoms with van der Waals surface area (Å²) in [5.41, 5.74) is 4.01. The molecule has 5 nitrogen and oxygen atoms in total. The van der Waals surface area contributed by atoms with Crippen molar-refractivity contribution >= 4 is 11.9 Å². The fourth-order valence-electron chi connectivity index (χ4n) is 2.78. The van der Waals surface area contributed by atoms with Gasteiger partial charge in [0.25, 0.3) is 0 Å². The number of carboxylic acid groups (broad SMARTS) is 2. The molecule has 0 saturated carbocycles. The number of benzene rings is 3. The molecule has 3 aromatic carbocycles. The fraction of sp³-hybridized carbons (Fsp3) is 0.0476. The van der Waals surface area contributed by atoms with Gasteiger partial charge in [-0.15, -0.1) is 0 Å². The molecule has 3 N–H and O–H groups in total. The monoisotopic (exact) mass is 348 g/mol. The highest BCUT2D eigenvalue weighted by molar-refractivity contribution is 5.94. The molecule has 0 heterocycles. The van der Waals surface area contributed by atoms with Crippen LogP contribution in [0.4, 0.5) is 0 Å². The third kappa shape index (κ3) is 3.28. The van der Waals surface area contributed by atoms with Gasteiger partial charge in [0.15, 0.2) is 0 Å². The van der Waals surface area contributed by atoms with E-state index >= 15 is 0 Å². The lowest BCUT2D eigenvalue weighted by atomic mass is 9.91. The summed E-state index contributed by atoms with van der Waals surface area (Å²) in [7, 11) is 0. The number of phenols is 1. The Kier molecular flexibility index (Phi) is 4.45. The van der Waals surface area contributed by atoms with E-state index in [1.54, 1.807) is 49.4 Å². The van der Waals surface area contributed by atoms with E-state index in [1.165, 1.54) is 18.2 Å². The standard InChI is InChI=1S/C21H16O5/c1-12-10-15(7-9-19(12)22)18-11-16(21(25)26)6-8-17(18)13-2-4-14(5-3-13)20(23)24/h2-11,22H,1H3,(H,23,24)(H,25,26). The van der Waals surface area contributed by atoms with Crippen LogP contribution < -0.4 is 0 Å². The highest BCUT2D eigenvalue weighted by Crippen LogP contribution is 2.35. The van der Waals surface area contributed by atoms with Gasteiger partial charge in [-0.05, 0) is 71.1 Å². The van der Waals surface area contributed by atoms with Crippen molar-refractivity contribution in [3.63, 3.8) is 0 Å². The van der Waals surface area contributed by atoms with Crippen LogP contribution in [0.3, 0.4) is 0 Å². The lowest BCUT2D eigenvalue weighted by Crippen LogP contribution is -1.98. The molecular weight excluding hydrogens is 332 g/mol. The smallest absolute Gasteiger partial charge is 0.335 e. The van der Waals surface area contributed by atoms with E-state index in [0.717, 1.165) is 16.7 Å². The largest absolute Gasteiger partial charge is 0.508 e. The number of carboxylic acids is 2. The summed E-state index contributed by atoms with van der Waals surface area (Å²) < 4.78 is 0. The summed E-state index contributed by atoms with van der Waals surface area (Å²) in [4.78, 5) is 22.4. The second kappa shape index (κ2) is 6.72. The average molecular weight is 348 g/mol. The summed E-state index contributed by atoms with van der Waals surface area (Å²) in [5.74, 6) is -1.88. The van der Waals surface area contributed by atoms with Gasteiger partial charge in [-0.2, -0.15) is 0 Å². The van der Waals surface area contributed by atoms with Gasteiger partial charge in [-0.1, -0.05) is 24.3 Å². The Balaban J connectivity index is 2.19. The van der Waals surface area contributed by atoms with Crippen LogP contribution in [-0.2, 0) is 0 Å². The molecule has 3 rings (SSSR count). The maximum atomic E-state index is 11.4. The van der Waals surface area contributed by atoms with E-state index in [1.807, 2.05) is 0 Å². The van der Waals surface area contributed by atoms with Crippen molar-refractivity contribution in [2.45, 2.75) is 6.92 Å². The van der Waals surface area contributed by atoms with Crippen LogP contribution in [-0.4, -0.2) is 27.3 Å². The zero-order valence-corrected chi connectivity index (χ0v) is 13.9. The van der Waals surface area contributed by atoms with Gasteiger partial charge >= 0.3 is 11.9 Å². The van der Waals surface area contributed by atoms with Crippen molar-refractivity contribution in [2.75, 3.05) is 0 Å². The van der Waals surface area contributed by atoms with Gasteiger partial charge in [0.05, 0.1) is 11.1 Å². The minimum absolute atomic E-state index is 0.150. The predicted molar refractivity (Wildman–Crippen MR) is 97.6 cm³/mol. The zero-order chi connectivity index (χ0) is 18.8. The third-order valence-corrected chi connectivity index (χ3v) is 4.22. The number of rotatable bonds is 4. The van der Waals surface area contributed by atoms with Gasteiger partial charge in [-0.3, -0.25) is 0 Å². The van der Waals surface area contributed by atoms with Gasteiger partial charge < -0.3 is 15.3 Å². The number of aryl methyl sites for hydroxylation is 1. The number of phenolic OH excluding ortho intramolecular Hbond substituents is 1. The minimum atomic E-state index is -1.03. The van der Waals surface area contributed by atoms with E-state index in [-0.39, 0.29) is 16.9 Å². The predicted octanol–water partition coefficient (Wildman–Crippen LogP) is 4.43. The molecule has 3 aromatic rings. The Morgan fingerprint density at radius 3 is 1.85 bits per heavy atom. The number of carbonyl (C=O) groups is 2. The summed E-state index contributed by atoms with van der Waals surface area (Å²) in [6, 6.07) is 16.3. The van der Waals surface area contributed by atoms with E-state index in [2.05, 4.69) is 0 Å². The molecule has 0 radical (unpaired) electrons. The van der Waals surface area contributed by atoms with Gasteiger partial charge in [0.2, 0.25) is 0 Å². The molecule has 0 unspecified atom stereocenters. The van der Waals surface area contributed by atoms with E-state index in [0.29, 0.717) is 11.1 Å². The first-order valence-corrected chi connectivity index (χ1v) is 7.88. The van der Waals surface area contributed by atoms with Gasteiger partial charge in [0.1, 0.15) is 5.75 Å². The molecule has 5 heteroatoms. The topological polar surface area (TPSA) is 94.8 Å². The number of aromatic hydroxyl groups is 1. The number of aromatic carboxylic acids is 2. The second-order valence-electron chi connectivity index (χ2n) is 5.95. The Hall–Kier alpha value is -3.60. The first-order valence-electron chi connectivity index (χ1n) is 7.88. The molecule has 0 amide bonds. The molecule has 0 spiro atoms. The van der Waals surface area contributed by atoms with E-state index < -0.39 is 11.9 Å². The lowest BCUT2D eigenvalue weighted by Gasteiger charge is -2.13. The van der Waals surface area contributed by atoms with Crippen LogP contribution in [0.5, 0.6) is 5.75 Å². The van der Waals surface area contributed by atoms with Crippen LogP contribution in [0.1, 0.15) is 26.3 Å². The molecule has 0 fully saturated rings. The SMILES string of the molecule is Cc1cc(-c2cc(C(=O)O)ccc2-c2ccc(C(=O)O)cc2)ccc1O. The summed E-state index contributed by atoms with van der Waals surface area (Å²) in [6.07, 6.45) is 0. The quantitative estimate of drug-likeness (QED) is 0.648. The van der Waals surface area contributed by atoms with Crippen molar-refractivity contribution in [2.24, 2.45) is 0 Å². The van der Waals surface area contributed by atoms with Crippen molar-refractivity contribution in [3.8, 4) is 28.0 Å².